The van der Waals surface area contributed by atoms with Crippen LogP contribution in [0.2, 0.25) is 0 Å². The third kappa shape index (κ3) is 4.47. The molecular formula is C19H23FN4O2. The Balaban J connectivity index is 1.65. The lowest BCUT2D eigenvalue weighted by molar-refractivity contribution is 0.0240. The van der Waals surface area contributed by atoms with Crippen LogP contribution in [0.15, 0.2) is 36.7 Å². The van der Waals surface area contributed by atoms with Crippen LogP contribution in [0.3, 0.4) is 0 Å². The molecule has 6 nitrogen and oxygen atoms in total. The van der Waals surface area contributed by atoms with Gasteiger partial charge in [0.2, 0.25) is 0 Å². The van der Waals surface area contributed by atoms with Crippen molar-refractivity contribution >= 4 is 11.9 Å². The van der Waals surface area contributed by atoms with E-state index in [1.54, 1.807) is 29.4 Å². The molecule has 1 aliphatic rings. The van der Waals surface area contributed by atoms with E-state index in [4.69, 9.17) is 4.74 Å². The number of benzene rings is 1. The number of hydrogen-bond donors (Lipinski definition) is 0. The fourth-order valence-corrected chi connectivity index (χ4v) is 2.71. The van der Waals surface area contributed by atoms with E-state index in [9.17, 15) is 9.18 Å². The van der Waals surface area contributed by atoms with Gasteiger partial charge in [0.25, 0.3) is 0 Å². The Bertz CT molecular complexity index is 766. The maximum absolute atomic E-state index is 13.1. The summed E-state index contributed by atoms with van der Waals surface area (Å²) in [4.78, 5) is 24.8. The van der Waals surface area contributed by atoms with Crippen molar-refractivity contribution < 1.29 is 13.9 Å². The first-order valence-electron chi connectivity index (χ1n) is 8.63. The number of anilines is 1. The van der Waals surface area contributed by atoms with Gasteiger partial charge >= 0.3 is 6.09 Å². The highest BCUT2D eigenvalue weighted by Gasteiger charge is 2.26. The van der Waals surface area contributed by atoms with Gasteiger partial charge < -0.3 is 14.5 Å². The maximum Gasteiger partial charge on any atom is 0.410 e. The number of carbonyl (C=O) groups excluding carboxylic acids is 1. The number of amides is 1. The molecule has 2 aromatic rings. The molecule has 26 heavy (non-hydrogen) atoms. The predicted molar refractivity (Wildman–Crippen MR) is 97.4 cm³/mol. The Kier molecular flexibility index (Phi) is 5.06. The second kappa shape index (κ2) is 7.27. The molecule has 0 N–H and O–H groups in total. The third-order valence-electron chi connectivity index (χ3n) is 4.02. The van der Waals surface area contributed by atoms with E-state index in [1.165, 1.54) is 12.1 Å². The summed E-state index contributed by atoms with van der Waals surface area (Å²) in [5, 5.41) is 0. The third-order valence-corrected chi connectivity index (χ3v) is 4.02. The Morgan fingerprint density at radius 2 is 1.73 bits per heavy atom. The molecule has 0 saturated carbocycles. The van der Waals surface area contributed by atoms with E-state index < -0.39 is 5.60 Å². The Hall–Kier alpha value is -2.70. The molecule has 0 spiro atoms. The predicted octanol–water partition coefficient (Wildman–Crippen LogP) is 3.34. The highest BCUT2D eigenvalue weighted by molar-refractivity contribution is 5.68. The van der Waals surface area contributed by atoms with Gasteiger partial charge in [-0.05, 0) is 45.0 Å². The van der Waals surface area contributed by atoms with Gasteiger partial charge in [0.15, 0.2) is 0 Å². The number of carbonyl (C=O) groups is 1. The van der Waals surface area contributed by atoms with Gasteiger partial charge in [-0.25, -0.2) is 14.2 Å². The SMILES string of the molecule is CC(C)(C)OC(=O)N1CCN(c2cncc(-c3ccc(F)cc3)n2)CC1. The van der Waals surface area contributed by atoms with Gasteiger partial charge in [0.1, 0.15) is 17.2 Å². The highest BCUT2D eigenvalue weighted by atomic mass is 19.1. The summed E-state index contributed by atoms with van der Waals surface area (Å²) < 4.78 is 18.5. The van der Waals surface area contributed by atoms with Crippen molar-refractivity contribution in [1.82, 2.24) is 14.9 Å². The summed E-state index contributed by atoms with van der Waals surface area (Å²) in [5.74, 6) is 0.465. The molecule has 3 rings (SSSR count). The fraction of sp³-hybridized carbons (Fsp3) is 0.421. The van der Waals surface area contributed by atoms with Gasteiger partial charge in [0.05, 0.1) is 18.1 Å². The molecule has 0 atom stereocenters. The van der Waals surface area contributed by atoms with Crippen LogP contribution in [0, 0.1) is 5.82 Å². The normalized spacial score (nSPS) is 15.1. The van der Waals surface area contributed by atoms with E-state index >= 15 is 0 Å². The molecule has 138 valence electrons. The Morgan fingerprint density at radius 3 is 2.35 bits per heavy atom. The molecule has 1 amide bonds. The van der Waals surface area contributed by atoms with Crippen LogP contribution in [0.5, 0.6) is 0 Å². The molecule has 1 aromatic carbocycles. The molecule has 0 bridgehead atoms. The van der Waals surface area contributed by atoms with E-state index in [1.807, 2.05) is 20.8 Å². The quantitative estimate of drug-likeness (QED) is 0.824. The molecule has 1 aromatic heterocycles. The molecular weight excluding hydrogens is 335 g/mol. The summed E-state index contributed by atoms with van der Waals surface area (Å²) >= 11 is 0. The largest absolute Gasteiger partial charge is 0.444 e. The minimum absolute atomic E-state index is 0.281. The molecule has 0 unspecified atom stereocenters. The first-order valence-corrected chi connectivity index (χ1v) is 8.63. The van der Waals surface area contributed by atoms with Gasteiger partial charge in [0, 0.05) is 31.7 Å². The zero-order chi connectivity index (χ0) is 18.7. The summed E-state index contributed by atoms with van der Waals surface area (Å²) in [6.07, 6.45) is 3.08. The van der Waals surface area contributed by atoms with Crippen LogP contribution in [-0.4, -0.2) is 52.7 Å². The smallest absolute Gasteiger partial charge is 0.410 e. The molecule has 1 saturated heterocycles. The summed E-state index contributed by atoms with van der Waals surface area (Å²) in [6.45, 7) is 8.02. The summed E-state index contributed by atoms with van der Waals surface area (Å²) in [7, 11) is 0. The van der Waals surface area contributed by atoms with Crippen molar-refractivity contribution in [2.75, 3.05) is 31.1 Å². The van der Waals surface area contributed by atoms with E-state index in [-0.39, 0.29) is 11.9 Å². The van der Waals surface area contributed by atoms with Crippen molar-refractivity contribution in [2.24, 2.45) is 0 Å². The second-order valence-electron chi connectivity index (χ2n) is 7.22. The fourth-order valence-electron chi connectivity index (χ4n) is 2.71. The van der Waals surface area contributed by atoms with Gasteiger partial charge in [-0.15, -0.1) is 0 Å². The number of aromatic nitrogens is 2. The van der Waals surface area contributed by atoms with Crippen LogP contribution in [0.1, 0.15) is 20.8 Å². The monoisotopic (exact) mass is 358 g/mol. The van der Waals surface area contributed by atoms with E-state index in [0.717, 1.165) is 11.4 Å². The molecule has 1 fully saturated rings. The topological polar surface area (TPSA) is 58.6 Å². The molecule has 1 aliphatic heterocycles. The lowest BCUT2D eigenvalue weighted by Gasteiger charge is -2.36. The van der Waals surface area contributed by atoms with Crippen LogP contribution in [0.4, 0.5) is 15.0 Å². The van der Waals surface area contributed by atoms with Gasteiger partial charge in [-0.3, -0.25) is 4.98 Å². The van der Waals surface area contributed by atoms with Crippen molar-refractivity contribution in [3.05, 3.63) is 42.5 Å². The van der Waals surface area contributed by atoms with Crippen LogP contribution >= 0.6 is 0 Å². The van der Waals surface area contributed by atoms with Crippen LogP contribution < -0.4 is 4.90 Å². The van der Waals surface area contributed by atoms with Crippen molar-refractivity contribution in [2.45, 2.75) is 26.4 Å². The highest BCUT2D eigenvalue weighted by Crippen LogP contribution is 2.21. The number of hydrogen-bond acceptors (Lipinski definition) is 5. The number of rotatable bonds is 2. The number of halogens is 1. The van der Waals surface area contributed by atoms with Gasteiger partial charge in [-0.1, -0.05) is 0 Å². The molecule has 7 heteroatoms. The first-order chi connectivity index (χ1) is 12.3. The van der Waals surface area contributed by atoms with E-state index in [0.29, 0.717) is 31.9 Å². The average Bonchev–Trinajstić information content (AvgIpc) is 2.61. The average molecular weight is 358 g/mol. The lowest BCUT2D eigenvalue weighted by Crippen LogP contribution is -2.50. The van der Waals surface area contributed by atoms with Gasteiger partial charge in [-0.2, -0.15) is 0 Å². The second-order valence-corrected chi connectivity index (χ2v) is 7.22. The zero-order valence-electron chi connectivity index (χ0n) is 15.3. The summed E-state index contributed by atoms with van der Waals surface area (Å²) in [5.41, 5.74) is 1.01. The number of piperazine rings is 1. The number of nitrogens with zero attached hydrogens (tertiary/aromatic N) is 4. The van der Waals surface area contributed by atoms with E-state index in [2.05, 4.69) is 14.9 Å². The molecule has 0 aliphatic carbocycles. The molecule has 0 radical (unpaired) electrons. The van der Waals surface area contributed by atoms with Crippen molar-refractivity contribution in [3.63, 3.8) is 0 Å². The van der Waals surface area contributed by atoms with Crippen molar-refractivity contribution in [3.8, 4) is 11.3 Å². The van der Waals surface area contributed by atoms with Crippen molar-refractivity contribution in [1.29, 1.82) is 0 Å². The van der Waals surface area contributed by atoms with Crippen LogP contribution in [0.25, 0.3) is 11.3 Å². The minimum Gasteiger partial charge on any atom is -0.444 e. The Labute approximate surface area is 152 Å². The Morgan fingerprint density at radius 1 is 1.08 bits per heavy atom. The maximum atomic E-state index is 13.1. The number of ether oxygens (including phenoxy) is 1. The lowest BCUT2D eigenvalue weighted by atomic mass is 10.1. The zero-order valence-corrected chi connectivity index (χ0v) is 15.3. The van der Waals surface area contributed by atoms with Crippen LogP contribution in [-0.2, 0) is 4.74 Å². The standard InChI is InChI=1S/C19H23FN4O2/c1-19(2,3)26-18(25)24-10-8-23(9-11-24)17-13-21-12-16(22-17)14-4-6-15(20)7-5-14/h4-7,12-13H,8-11H2,1-3H3. The molecule has 2 heterocycles. The minimum atomic E-state index is -0.497. The first kappa shape index (κ1) is 18.1. The summed E-state index contributed by atoms with van der Waals surface area (Å²) in [6, 6.07) is 6.18.